The summed E-state index contributed by atoms with van der Waals surface area (Å²) in [4.78, 5) is 16.5. The topological polar surface area (TPSA) is 32.3 Å². The molecule has 1 N–H and O–H groups in total. The van der Waals surface area contributed by atoms with Gasteiger partial charge in [-0.15, -0.1) is 11.3 Å². The van der Waals surface area contributed by atoms with Crippen LogP contribution < -0.4 is 5.32 Å². The quantitative estimate of drug-likeness (QED) is 0.823. The van der Waals surface area contributed by atoms with Crippen LogP contribution in [0.4, 0.5) is 0 Å². The van der Waals surface area contributed by atoms with Crippen LogP contribution in [0.5, 0.6) is 0 Å². The van der Waals surface area contributed by atoms with Crippen molar-refractivity contribution in [2.24, 2.45) is 5.92 Å². The van der Waals surface area contributed by atoms with E-state index in [1.54, 1.807) is 6.07 Å². The number of hydrogen-bond donors (Lipinski definition) is 1. The fraction of sp³-hybridized carbons (Fsp3) is 0.389. The summed E-state index contributed by atoms with van der Waals surface area (Å²) in [5, 5.41) is 4.43. The second-order valence-electron chi connectivity index (χ2n) is 6.12. The SMILES string of the molecule is CNCC1CCN(C(=O)c2ccc(-c3cc(Cl)cc(Cl)c3)s2)CC1. The Hall–Kier alpha value is -1.07. The molecule has 1 aliphatic rings. The molecule has 2 aromatic rings. The minimum atomic E-state index is 0.127. The van der Waals surface area contributed by atoms with Crippen molar-refractivity contribution in [3.05, 3.63) is 45.3 Å². The summed E-state index contributed by atoms with van der Waals surface area (Å²) in [6.07, 6.45) is 2.13. The molecule has 0 unspecified atom stereocenters. The normalized spacial score (nSPS) is 15.7. The Morgan fingerprint density at radius 2 is 1.88 bits per heavy atom. The van der Waals surface area contributed by atoms with Gasteiger partial charge in [-0.1, -0.05) is 23.2 Å². The Morgan fingerprint density at radius 1 is 1.21 bits per heavy atom. The van der Waals surface area contributed by atoms with Crippen molar-refractivity contribution in [2.75, 3.05) is 26.7 Å². The van der Waals surface area contributed by atoms with Gasteiger partial charge in [0.25, 0.3) is 5.91 Å². The van der Waals surface area contributed by atoms with Crippen molar-refractivity contribution >= 4 is 40.4 Å². The molecular weight excluding hydrogens is 363 g/mol. The third-order valence-corrected chi connectivity index (χ3v) is 5.92. The predicted octanol–water partition coefficient (Wildman–Crippen LogP) is 4.79. The lowest BCUT2D eigenvalue weighted by atomic mass is 9.97. The number of carbonyl (C=O) groups is 1. The number of hydrogen-bond acceptors (Lipinski definition) is 3. The average molecular weight is 383 g/mol. The van der Waals surface area contributed by atoms with Crippen molar-refractivity contribution in [1.29, 1.82) is 0 Å². The summed E-state index contributed by atoms with van der Waals surface area (Å²) >= 11 is 13.6. The van der Waals surface area contributed by atoms with Crippen LogP contribution in [-0.2, 0) is 0 Å². The lowest BCUT2D eigenvalue weighted by molar-refractivity contribution is 0.0696. The molecule has 1 aromatic carbocycles. The molecule has 3 nitrogen and oxygen atoms in total. The molecule has 1 fully saturated rings. The van der Waals surface area contributed by atoms with E-state index in [0.29, 0.717) is 16.0 Å². The highest BCUT2D eigenvalue weighted by Gasteiger charge is 2.24. The molecule has 3 rings (SSSR count). The van der Waals surface area contributed by atoms with Gasteiger partial charge in [-0.25, -0.2) is 0 Å². The number of benzene rings is 1. The molecule has 0 atom stereocenters. The maximum atomic E-state index is 12.7. The number of carbonyl (C=O) groups excluding carboxylic acids is 1. The second-order valence-corrected chi connectivity index (χ2v) is 8.07. The van der Waals surface area contributed by atoms with E-state index in [-0.39, 0.29) is 5.91 Å². The Morgan fingerprint density at radius 3 is 2.50 bits per heavy atom. The van der Waals surface area contributed by atoms with Gasteiger partial charge in [0.1, 0.15) is 0 Å². The first-order valence-corrected chi connectivity index (χ1v) is 9.64. The molecule has 0 aliphatic carbocycles. The fourth-order valence-electron chi connectivity index (χ4n) is 3.09. The van der Waals surface area contributed by atoms with Gasteiger partial charge in [0, 0.05) is 28.0 Å². The third-order valence-electron chi connectivity index (χ3n) is 4.36. The summed E-state index contributed by atoms with van der Waals surface area (Å²) in [6.45, 7) is 2.70. The summed E-state index contributed by atoms with van der Waals surface area (Å²) in [6, 6.07) is 9.32. The van der Waals surface area contributed by atoms with Gasteiger partial charge in [0.05, 0.1) is 4.88 Å². The molecule has 128 valence electrons. The fourth-order valence-corrected chi connectivity index (χ4v) is 4.58. The summed E-state index contributed by atoms with van der Waals surface area (Å²) in [5.41, 5.74) is 0.948. The van der Waals surface area contributed by atoms with Crippen LogP contribution in [0.15, 0.2) is 30.3 Å². The number of thiophene rings is 1. The minimum Gasteiger partial charge on any atom is -0.338 e. The van der Waals surface area contributed by atoms with Gasteiger partial charge >= 0.3 is 0 Å². The summed E-state index contributed by atoms with van der Waals surface area (Å²) < 4.78 is 0. The zero-order chi connectivity index (χ0) is 17.1. The Balaban J connectivity index is 1.70. The molecule has 6 heteroatoms. The van der Waals surface area contributed by atoms with Crippen molar-refractivity contribution in [3.63, 3.8) is 0 Å². The molecular formula is C18H20Cl2N2OS. The van der Waals surface area contributed by atoms with Crippen molar-refractivity contribution in [3.8, 4) is 10.4 Å². The van der Waals surface area contributed by atoms with Crippen LogP contribution in [-0.4, -0.2) is 37.5 Å². The monoisotopic (exact) mass is 382 g/mol. The van der Waals surface area contributed by atoms with E-state index in [2.05, 4.69) is 5.32 Å². The highest BCUT2D eigenvalue weighted by molar-refractivity contribution is 7.17. The molecule has 0 radical (unpaired) electrons. The number of halogens is 2. The first-order valence-electron chi connectivity index (χ1n) is 8.07. The van der Waals surface area contributed by atoms with Gasteiger partial charge in [-0.3, -0.25) is 4.79 Å². The summed E-state index contributed by atoms with van der Waals surface area (Å²) in [7, 11) is 1.98. The second kappa shape index (κ2) is 7.87. The first-order chi connectivity index (χ1) is 11.6. The molecule has 1 aromatic heterocycles. The van der Waals surface area contributed by atoms with Crippen LogP contribution in [0.2, 0.25) is 10.0 Å². The molecule has 0 saturated carbocycles. The maximum absolute atomic E-state index is 12.7. The average Bonchev–Trinajstić information content (AvgIpc) is 3.04. The van der Waals surface area contributed by atoms with Crippen LogP contribution in [0, 0.1) is 5.92 Å². The Bertz CT molecular complexity index is 703. The Kier molecular flexibility index (Phi) is 5.82. The first kappa shape index (κ1) is 17.7. The number of nitrogens with zero attached hydrogens (tertiary/aromatic N) is 1. The van der Waals surface area contributed by atoms with Gasteiger partial charge in [-0.05, 0) is 68.2 Å². The van der Waals surface area contributed by atoms with E-state index in [4.69, 9.17) is 23.2 Å². The predicted molar refractivity (Wildman–Crippen MR) is 102 cm³/mol. The third kappa shape index (κ3) is 4.12. The molecule has 1 aliphatic heterocycles. The smallest absolute Gasteiger partial charge is 0.263 e. The van der Waals surface area contributed by atoms with E-state index < -0.39 is 0 Å². The highest BCUT2D eigenvalue weighted by atomic mass is 35.5. The molecule has 1 amide bonds. The van der Waals surface area contributed by atoms with E-state index >= 15 is 0 Å². The van der Waals surface area contributed by atoms with E-state index in [1.165, 1.54) is 11.3 Å². The zero-order valence-corrected chi connectivity index (χ0v) is 15.8. The van der Waals surface area contributed by atoms with Gasteiger partial charge in [-0.2, -0.15) is 0 Å². The lowest BCUT2D eigenvalue weighted by Gasteiger charge is -2.31. The van der Waals surface area contributed by atoms with E-state index in [9.17, 15) is 4.79 Å². The minimum absolute atomic E-state index is 0.127. The standard InChI is InChI=1S/C18H20Cl2N2OS/c1-21-11-12-4-6-22(7-5-12)18(23)17-3-2-16(24-17)13-8-14(19)10-15(20)9-13/h2-3,8-10,12,21H,4-7,11H2,1H3. The number of amides is 1. The van der Waals surface area contributed by atoms with E-state index in [1.807, 2.05) is 36.2 Å². The number of rotatable bonds is 4. The largest absolute Gasteiger partial charge is 0.338 e. The maximum Gasteiger partial charge on any atom is 0.263 e. The van der Waals surface area contributed by atoms with Gasteiger partial charge < -0.3 is 10.2 Å². The number of likely N-dealkylation sites (tertiary alicyclic amines) is 1. The van der Waals surface area contributed by atoms with Crippen LogP contribution >= 0.6 is 34.5 Å². The highest BCUT2D eigenvalue weighted by Crippen LogP contribution is 2.33. The Labute approximate surface area is 156 Å². The zero-order valence-electron chi connectivity index (χ0n) is 13.5. The van der Waals surface area contributed by atoms with Gasteiger partial charge in [0.15, 0.2) is 0 Å². The molecule has 2 heterocycles. The van der Waals surface area contributed by atoms with Crippen LogP contribution in [0.1, 0.15) is 22.5 Å². The van der Waals surface area contributed by atoms with Crippen LogP contribution in [0.25, 0.3) is 10.4 Å². The summed E-state index contributed by atoms with van der Waals surface area (Å²) in [5.74, 6) is 0.800. The van der Waals surface area contributed by atoms with Crippen molar-refractivity contribution < 1.29 is 4.79 Å². The van der Waals surface area contributed by atoms with Crippen LogP contribution in [0.3, 0.4) is 0 Å². The van der Waals surface area contributed by atoms with Crippen molar-refractivity contribution in [1.82, 2.24) is 10.2 Å². The lowest BCUT2D eigenvalue weighted by Crippen LogP contribution is -2.40. The van der Waals surface area contributed by atoms with Gasteiger partial charge in [0.2, 0.25) is 0 Å². The molecule has 0 bridgehead atoms. The molecule has 24 heavy (non-hydrogen) atoms. The number of piperidine rings is 1. The molecule has 1 saturated heterocycles. The van der Waals surface area contributed by atoms with E-state index in [0.717, 1.165) is 47.8 Å². The molecule has 0 spiro atoms. The van der Waals surface area contributed by atoms with Crippen molar-refractivity contribution in [2.45, 2.75) is 12.8 Å². The number of nitrogens with one attached hydrogen (secondary N) is 1.